The van der Waals surface area contributed by atoms with Crippen LogP contribution in [0.15, 0.2) is 11.1 Å². The van der Waals surface area contributed by atoms with Gasteiger partial charge in [-0.25, -0.2) is 9.78 Å². The van der Waals surface area contributed by atoms with Gasteiger partial charge in [0.1, 0.15) is 16.1 Å². The maximum Gasteiger partial charge on any atom is 0.341 e. The molecule has 2 heterocycles. The Morgan fingerprint density at radius 3 is 2.83 bits per heavy atom. The maximum atomic E-state index is 12.9. The molecule has 0 saturated carbocycles. The number of nitriles is 1. The Hall–Kier alpha value is -2.37. The molecule has 0 bridgehead atoms. The number of thiophene rings is 1. The minimum atomic E-state index is -0.357. The van der Waals surface area contributed by atoms with Gasteiger partial charge in [-0.05, 0) is 74.0 Å². The van der Waals surface area contributed by atoms with Gasteiger partial charge in [-0.3, -0.25) is 4.79 Å². The molecule has 1 unspecified atom stereocenters. The van der Waals surface area contributed by atoms with E-state index < -0.39 is 0 Å². The van der Waals surface area contributed by atoms with Crippen LogP contribution in [0.4, 0.5) is 5.00 Å². The number of carbonyl (C=O) groups is 2. The molecule has 2 aliphatic rings. The minimum Gasteiger partial charge on any atom is -0.462 e. The highest BCUT2D eigenvalue weighted by Gasteiger charge is 2.34. The van der Waals surface area contributed by atoms with Crippen LogP contribution in [0.25, 0.3) is 0 Å². The molecule has 0 aliphatic heterocycles. The number of aromatic nitrogens is 1. The number of nitrogens with zero attached hydrogens (tertiary/aromatic N) is 2. The number of ether oxygens (including phenoxy) is 1. The highest BCUT2D eigenvalue weighted by atomic mass is 32.2. The van der Waals surface area contributed by atoms with Gasteiger partial charge < -0.3 is 10.1 Å². The van der Waals surface area contributed by atoms with Gasteiger partial charge in [0.05, 0.1) is 17.7 Å². The van der Waals surface area contributed by atoms with Crippen molar-refractivity contribution in [2.45, 2.75) is 77.7 Å². The van der Waals surface area contributed by atoms with Crippen molar-refractivity contribution in [2.75, 3.05) is 17.7 Å². The Morgan fingerprint density at radius 2 is 2.11 bits per heavy atom. The fraction of sp³-hybridized carbons (Fsp3) is 0.556. The van der Waals surface area contributed by atoms with E-state index >= 15 is 0 Å². The average molecular weight is 512 g/mol. The quantitative estimate of drug-likeness (QED) is 0.365. The molecule has 0 fully saturated rings. The first-order valence-electron chi connectivity index (χ1n) is 12.4. The van der Waals surface area contributed by atoms with Crippen LogP contribution in [0.2, 0.25) is 0 Å². The van der Waals surface area contributed by atoms with Crippen molar-refractivity contribution < 1.29 is 14.3 Å². The van der Waals surface area contributed by atoms with Crippen LogP contribution in [-0.2, 0) is 35.2 Å². The Labute approximate surface area is 215 Å². The van der Waals surface area contributed by atoms with Gasteiger partial charge in [-0.1, -0.05) is 20.8 Å². The Bertz CT molecular complexity index is 1170. The van der Waals surface area contributed by atoms with E-state index in [2.05, 4.69) is 37.1 Å². The third-order valence-corrected chi connectivity index (χ3v) is 9.09. The topological polar surface area (TPSA) is 92.1 Å². The molecule has 2 aliphatic carbocycles. The number of fused-ring (bicyclic) bond motifs is 2. The molecule has 8 heteroatoms. The van der Waals surface area contributed by atoms with Gasteiger partial charge in [-0.2, -0.15) is 5.26 Å². The van der Waals surface area contributed by atoms with Crippen molar-refractivity contribution >= 4 is 40.0 Å². The summed E-state index contributed by atoms with van der Waals surface area (Å²) in [4.78, 5) is 31.5. The maximum absolute atomic E-state index is 12.9. The largest absolute Gasteiger partial charge is 0.462 e. The van der Waals surface area contributed by atoms with Crippen molar-refractivity contribution in [1.29, 1.82) is 5.26 Å². The lowest BCUT2D eigenvalue weighted by molar-refractivity contribution is -0.115. The van der Waals surface area contributed by atoms with Crippen LogP contribution in [-0.4, -0.2) is 29.2 Å². The van der Waals surface area contributed by atoms with E-state index in [1.54, 1.807) is 6.92 Å². The number of hydrogen-bond acceptors (Lipinski definition) is 7. The summed E-state index contributed by atoms with van der Waals surface area (Å²) < 4.78 is 5.34. The van der Waals surface area contributed by atoms with Crippen LogP contribution in [0.1, 0.15) is 84.6 Å². The fourth-order valence-corrected chi connectivity index (χ4v) is 7.15. The number of pyridine rings is 1. The van der Waals surface area contributed by atoms with Crippen molar-refractivity contribution in [2.24, 2.45) is 11.3 Å². The third kappa shape index (κ3) is 5.73. The second-order valence-corrected chi connectivity index (χ2v) is 12.5. The van der Waals surface area contributed by atoms with E-state index in [9.17, 15) is 14.9 Å². The van der Waals surface area contributed by atoms with Crippen molar-refractivity contribution in [1.82, 2.24) is 4.98 Å². The zero-order valence-corrected chi connectivity index (χ0v) is 22.6. The standard InChI is InChI=1S/C27H33N3O3S2/c1-5-33-26(32)23-19-10-9-18(27(2,3)4)14-21(19)35-25(23)30-22(31)11-12-34-24-17(15-28)13-16-7-6-8-20(16)29-24/h13,18H,5-12,14H2,1-4H3,(H,30,31). The Morgan fingerprint density at radius 1 is 1.31 bits per heavy atom. The van der Waals surface area contributed by atoms with Crippen LogP contribution in [0, 0.1) is 22.7 Å². The van der Waals surface area contributed by atoms with Crippen LogP contribution < -0.4 is 5.32 Å². The van der Waals surface area contributed by atoms with Crippen LogP contribution in [0.3, 0.4) is 0 Å². The van der Waals surface area contributed by atoms with E-state index in [-0.39, 0.29) is 23.7 Å². The first-order valence-corrected chi connectivity index (χ1v) is 14.2. The first-order chi connectivity index (χ1) is 16.7. The summed E-state index contributed by atoms with van der Waals surface area (Å²) in [5.41, 5.74) is 4.60. The lowest BCUT2D eigenvalue weighted by Gasteiger charge is -2.33. The first kappa shape index (κ1) is 25.7. The molecule has 1 amide bonds. The molecule has 186 valence electrons. The van der Waals surface area contributed by atoms with Gasteiger partial charge >= 0.3 is 5.97 Å². The molecular weight excluding hydrogens is 478 g/mol. The van der Waals surface area contributed by atoms with Crippen LogP contribution in [0.5, 0.6) is 0 Å². The number of amides is 1. The lowest BCUT2D eigenvalue weighted by Crippen LogP contribution is -2.26. The van der Waals surface area contributed by atoms with Gasteiger partial charge in [0.15, 0.2) is 0 Å². The summed E-state index contributed by atoms with van der Waals surface area (Å²) in [6.45, 7) is 8.88. The number of hydrogen-bond donors (Lipinski definition) is 1. The van der Waals surface area contributed by atoms with Crippen LogP contribution >= 0.6 is 23.1 Å². The molecule has 2 aromatic rings. The van der Waals surface area contributed by atoms with Gasteiger partial charge in [0, 0.05) is 22.7 Å². The van der Waals surface area contributed by atoms with E-state index in [1.807, 2.05) is 6.07 Å². The predicted molar refractivity (Wildman–Crippen MR) is 140 cm³/mol. The van der Waals surface area contributed by atoms with E-state index in [0.717, 1.165) is 49.8 Å². The van der Waals surface area contributed by atoms with Crippen molar-refractivity contribution in [3.8, 4) is 6.07 Å². The monoisotopic (exact) mass is 511 g/mol. The predicted octanol–water partition coefficient (Wildman–Crippen LogP) is 5.95. The summed E-state index contributed by atoms with van der Waals surface area (Å²) in [5, 5.41) is 13.8. The summed E-state index contributed by atoms with van der Waals surface area (Å²) >= 11 is 2.96. The summed E-state index contributed by atoms with van der Waals surface area (Å²) in [6.07, 6.45) is 6.05. The zero-order chi connectivity index (χ0) is 25.2. The molecular formula is C27H33N3O3S2. The SMILES string of the molecule is CCOC(=O)c1c(NC(=O)CCSc2nc3c(cc2C#N)CCC3)sc2c1CCC(C(C)(C)C)C2. The molecule has 35 heavy (non-hydrogen) atoms. The zero-order valence-electron chi connectivity index (χ0n) is 21.0. The number of rotatable bonds is 7. The Balaban J connectivity index is 1.45. The van der Waals surface area contributed by atoms with Gasteiger partial charge in [0.2, 0.25) is 5.91 Å². The molecule has 0 saturated heterocycles. The minimum absolute atomic E-state index is 0.145. The van der Waals surface area contributed by atoms with E-state index in [1.165, 1.54) is 33.5 Å². The van der Waals surface area contributed by atoms with Crippen molar-refractivity contribution in [3.05, 3.63) is 38.9 Å². The summed E-state index contributed by atoms with van der Waals surface area (Å²) in [7, 11) is 0. The van der Waals surface area contributed by atoms with Crippen molar-refractivity contribution in [3.63, 3.8) is 0 Å². The molecule has 2 aromatic heterocycles. The molecule has 6 nitrogen and oxygen atoms in total. The number of carbonyl (C=O) groups excluding carboxylic acids is 2. The number of nitrogens with one attached hydrogen (secondary N) is 1. The number of esters is 1. The van der Waals surface area contributed by atoms with E-state index in [0.29, 0.717) is 39.4 Å². The highest BCUT2D eigenvalue weighted by Crippen LogP contribution is 2.44. The molecule has 0 radical (unpaired) electrons. The molecule has 4 rings (SSSR count). The molecule has 0 aromatic carbocycles. The number of aryl methyl sites for hydroxylation is 2. The van der Waals surface area contributed by atoms with E-state index in [4.69, 9.17) is 4.74 Å². The second-order valence-electron chi connectivity index (χ2n) is 10.3. The fourth-order valence-electron chi connectivity index (χ4n) is 4.91. The summed E-state index contributed by atoms with van der Waals surface area (Å²) in [5.74, 6) is 0.550. The van der Waals surface area contributed by atoms with Gasteiger partial charge in [-0.15, -0.1) is 23.1 Å². The lowest BCUT2D eigenvalue weighted by atomic mass is 9.72. The third-order valence-electron chi connectivity index (χ3n) is 6.93. The summed E-state index contributed by atoms with van der Waals surface area (Å²) in [6, 6.07) is 4.19. The smallest absolute Gasteiger partial charge is 0.341 e. The number of anilines is 1. The molecule has 1 N–H and O–H groups in total. The molecule has 1 atom stereocenters. The van der Waals surface area contributed by atoms with Gasteiger partial charge in [0.25, 0.3) is 0 Å². The number of thioether (sulfide) groups is 1. The Kier molecular flexibility index (Phi) is 7.87. The second kappa shape index (κ2) is 10.7. The normalized spacial score (nSPS) is 16.8. The molecule has 0 spiro atoms. The highest BCUT2D eigenvalue weighted by molar-refractivity contribution is 7.99. The average Bonchev–Trinajstić information content (AvgIpc) is 3.40.